The number of nitrogens with one attached hydrogen (secondary N) is 1. The molecule has 0 spiro atoms. The largest absolute Gasteiger partial charge is 0.468 e. The molecule has 0 aromatic heterocycles. The monoisotopic (exact) mass is 317 g/mol. The first kappa shape index (κ1) is 17.9. The highest BCUT2D eigenvalue weighted by atomic mass is 32.2. The highest BCUT2D eigenvalue weighted by Crippen LogP contribution is 2.25. The first-order chi connectivity index (χ1) is 9.92. The molecule has 118 valence electrons. The summed E-state index contributed by atoms with van der Waals surface area (Å²) in [5, 5.41) is 3.12. The second-order valence-electron chi connectivity index (χ2n) is 4.88. The van der Waals surface area contributed by atoms with E-state index < -0.39 is 17.2 Å². The molecular weight excluding hydrogens is 296 g/mol. The molecule has 1 unspecified atom stereocenters. The fourth-order valence-electron chi connectivity index (χ4n) is 2.08. The number of methoxy groups -OCH3 is 1. The molecule has 0 saturated carbocycles. The predicted molar refractivity (Wildman–Crippen MR) is 80.4 cm³/mol. The summed E-state index contributed by atoms with van der Waals surface area (Å²) in [5.74, 6) is -0.799. The summed E-state index contributed by atoms with van der Waals surface area (Å²) in [6, 6.07) is 3.54. The van der Waals surface area contributed by atoms with Crippen molar-refractivity contribution in [2.24, 2.45) is 0 Å². The van der Waals surface area contributed by atoms with Crippen LogP contribution in [0.2, 0.25) is 0 Å². The van der Waals surface area contributed by atoms with Crippen LogP contribution in [0.15, 0.2) is 23.1 Å². The van der Waals surface area contributed by atoms with Crippen molar-refractivity contribution >= 4 is 17.7 Å². The minimum Gasteiger partial charge on any atom is -0.468 e. The SMILES string of the molecule is CCNC(C)(CCCSc1ccc(F)cc1F)C(=O)OC. The van der Waals surface area contributed by atoms with E-state index in [4.69, 9.17) is 4.74 Å². The fourth-order valence-corrected chi connectivity index (χ4v) is 2.95. The molecule has 0 radical (unpaired) electrons. The number of benzene rings is 1. The number of esters is 1. The van der Waals surface area contributed by atoms with E-state index in [2.05, 4.69) is 5.32 Å². The molecule has 6 heteroatoms. The topological polar surface area (TPSA) is 38.3 Å². The van der Waals surface area contributed by atoms with Crippen LogP contribution in [0.3, 0.4) is 0 Å². The second-order valence-corrected chi connectivity index (χ2v) is 6.02. The van der Waals surface area contributed by atoms with Crippen LogP contribution in [-0.2, 0) is 9.53 Å². The number of thioether (sulfide) groups is 1. The zero-order valence-electron chi connectivity index (χ0n) is 12.5. The van der Waals surface area contributed by atoms with Crippen molar-refractivity contribution in [3.05, 3.63) is 29.8 Å². The lowest BCUT2D eigenvalue weighted by atomic mass is 9.96. The number of hydrogen-bond acceptors (Lipinski definition) is 4. The molecule has 1 N–H and O–H groups in total. The summed E-state index contributed by atoms with van der Waals surface area (Å²) in [4.78, 5) is 12.2. The van der Waals surface area contributed by atoms with Crippen LogP contribution in [0.4, 0.5) is 8.78 Å². The molecule has 0 saturated heterocycles. The van der Waals surface area contributed by atoms with Crippen molar-refractivity contribution in [1.29, 1.82) is 0 Å². The van der Waals surface area contributed by atoms with Gasteiger partial charge in [0.15, 0.2) is 0 Å². The highest BCUT2D eigenvalue weighted by molar-refractivity contribution is 7.99. The van der Waals surface area contributed by atoms with E-state index in [1.54, 1.807) is 6.92 Å². The van der Waals surface area contributed by atoms with E-state index in [1.165, 1.54) is 31.0 Å². The maximum atomic E-state index is 13.5. The number of carbonyl (C=O) groups is 1. The molecule has 0 fully saturated rings. The zero-order chi connectivity index (χ0) is 15.9. The number of ether oxygens (including phenoxy) is 1. The Morgan fingerprint density at radius 1 is 1.43 bits per heavy atom. The van der Waals surface area contributed by atoms with Crippen LogP contribution in [0.5, 0.6) is 0 Å². The van der Waals surface area contributed by atoms with E-state index in [-0.39, 0.29) is 5.97 Å². The smallest absolute Gasteiger partial charge is 0.325 e. The van der Waals surface area contributed by atoms with E-state index in [9.17, 15) is 13.6 Å². The molecule has 0 heterocycles. The molecule has 0 aliphatic heterocycles. The molecule has 0 aliphatic rings. The Balaban J connectivity index is 2.49. The average Bonchev–Trinajstić information content (AvgIpc) is 2.44. The molecule has 1 atom stereocenters. The number of halogens is 2. The third kappa shape index (κ3) is 5.28. The Bertz CT molecular complexity index is 485. The molecule has 1 aromatic carbocycles. The van der Waals surface area contributed by atoms with Gasteiger partial charge in [-0.05, 0) is 44.2 Å². The summed E-state index contributed by atoms with van der Waals surface area (Å²) < 4.78 is 31.1. The van der Waals surface area contributed by atoms with Crippen LogP contribution in [0.1, 0.15) is 26.7 Å². The number of carbonyl (C=O) groups excluding carboxylic acids is 1. The van der Waals surface area contributed by atoms with Crippen LogP contribution >= 0.6 is 11.8 Å². The van der Waals surface area contributed by atoms with Gasteiger partial charge >= 0.3 is 5.97 Å². The molecule has 0 bridgehead atoms. The van der Waals surface area contributed by atoms with E-state index in [0.717, 1.165) is 6.07 Å². The van der Waals surface area contributed by atoms with Crippen molar-refractivity contribution in [3.63, 3.8) is 0 Å². The second kappa shape index (κ2) is 8.34. The summed E-state index contributed by atoms with van der Waals surface area (Å²) in [7, 11) is 1.36. The lowest BCUT2D eigenvalue weighted by Gasteiger charge is -2.27. The highest BCUT2D eigenvalue weighted by Gasteiger charge is 2.32. The maximum absolute atomic E-state index is 13.5. The van der Waals surface area contributed by atoms with Crippen molar-refractivity contribution in [2.45, 2.75) is 37.1 Å². The Labute approximate surface area is 128 Å². The minimum absolute atomic E-state index is 0.303. The van der Waals surface area contributed by atoms with Crippen LogP contribution in [0.25, 0.3) is 0 Å². The third-order valence-electron chi connectivity index (χ3n) is 3.18. The Kier molecular flexibility index (Phi) is 7.11. The van der Waals surface area contributed by atoms with Gasteiger partial charge in [-0.15, -0.1) is 11.8 Å². The van der Waals surface area contributed by atoms with E-state index in [0.29, 0.717) is 30.0 Å². The van der Waals surface area contributed by atoms with Gasteiger partial charge in [-0.1, -0.05) is 6.92 Å². The van der Waals surface area contributed by atoms with Crippen LogP contribution in [-0.4, -0.2) is 30.9 Å². The fraction of sp³-hybridized carbons (Fsp3) is 0.533. The molecule has 1 rings (SSSR count). The Morgan fingerprint density at radius 3 is 2.71 bits per heavy atom. The van der Waals surface area contributed by atoms with Gasteiger partial charge in [0.25, 0.3) is 0 Å². The van der Waals surface area contributed by atoms with Gasteiger partial charge in [0.2, 0.25) is 0 Å². The molecular formula is C15H21F2NO2S. The van der Waals surface area contributed by atoms with Gasteiger partial charge in [0.05, 0.1) is 7.11 Å². The first-order valence-electron chi connectivity index (χ1n) is 6.84. The normalized spacial score (nSPS) is 13.8. The minimum atomic E-state index is -0.731. The summed E-state index contributed by atoms with van der Waals surface area (Å²) >= 11 is 1.31. The number of likely N-dealkylation sites (N-methyl/N-ethyl adjacent to an activating group) is 1. The summed E-state index contributed by atoms with van der Waals surface area (Å²) in [6.07, 6.45) is 1.30. The van der Waals surface area contributed by atoms with Gasteiger partial charge in [0.1, 0.15) is 17.2 Å². The van der Waals surface area contributed by atoms with Gasteiger partial charge < -0.3 is 10.1 Å². The predicted octanol–water partition coefficient (Wildman–Crippen LogP) is 3.38. The molecule has 1 aromatic rings. The number of hydrogen-bond donors (Lipinski definition) is 1. The van der Waals surface area contributed by atoms with Gasteiger partial charge in [-0.25, -0.2) is 8.78 Å². The maximum Gasteiger partial charge on any atom is 0.325 e. The quantitative estimate of drug-likeness (QED) is 0.453. The van der Waals surface area contributed by atoms with Crippen LogP contribution < -0.4 is 5.32 Å². The van der Waals surface area contributed by atoms with Crippen molar-refractivity contribution in [1.82, 2.24) is 5.32 Å². The van der Waals surface area contributed by atoms with Crippen molar-refractivity contribution < 1.29 is 18.3 Å². The van der Waals surface area contributed by atoms with Crippen molar-refractivity contribution in [2.75, 3.05) is 19.4 Å². The van der Waals surface area contributed by atoms with Gasteiger partial charge in [-0.2, -0.15) is 0 Å². The molecule has 0 aliphatic carbocycles. The first-order valence-corrected chi connectivity index (χ1v) is 7.83. The Hall–Kier alpha value is -1.14. The molecule has 0 amide bonds. The summed E-state index contributed by atoms with van der Waals surface area (Å²) in [5.41, 5.74) is -0.731. The molecule has 3 nitrogen and oxygen atoms in total. The van der Waals surface area contributed by atoms with E-state index >= 15 is 0 Å². The molecule has 21 heavy (non-hydrogen) atoms. The third-order valence-corrected chi connectivity index (χ3v) is 4.31. The summed E-state index contributed by atoms with van der Waals surface area (Å²) in [6.45, 7) is 4.38. The van der Waals surface area contributed by atoms with Crippen molar-refractivity contribution in [3.8, 4) is 0 Å². The lowest BCUT2D eigenvalue weighted by Crippen LogP contribution is -2.50. The average molecular weight is 317 g/mol. The number of rotatable bonds is 8. The van der Waals surface area contributed by atoms with Gasteiger partial charge in [-0.3, -0.25) is 4.79 Å². The van der Waals surface area contributed by atoms with Gasteiger partial charge in [0, 0.05) is 11.0 Å². The lowest BCUT2D eigenvalue weighted by molar-refractivity contribution is -0.148. The van der Waals surface area contributed by atoms with Crippen LogP contribution in [0, 0.1) is 11.6 Å². The van der Waals surface area contributed by atoms with E-state index in [1.807, 2.05) is 6.92 Å². The zero-order valence-corrected chi connectivity index (χ0v) is 13.4. The Morgan fingerprint density at radius 2 is 2.14 bits per heavy atom. The standard InChI is InChI=1S/C15H21F2NO2S/c1-4-18-15(2,14(19)20-3)8-5-9-21-13-7-6-11(16)10-12(13)17/h6-7,10,18H,4-5,8-9H2,1-3H3.